The van der Waals surface area contributed by atoms with Crippen LogP contribution in [0.3, 0.4) is 0 Å². The second kappa shape index (κ2) is 4.60. The number of aryl methyl sites for hydroxylation is 1. The fourth-order valence-electron chi connectivity index (χ4n) is 2.44. The molecule has 1 atom stereocenters. The van der Waals surface area contributed by atoms with E-state index in [4.69, 9.17) is 4.74 Å². The van der Waals surface area contributed by atoms with Crippen LogP contribution in [0.4, 0.5) is 0 Å². The molecule has 0 saturated carbocycles. The summed E-state index contributed by atoms with van der Waals surface area (Å²) in [5, 5.41) is 24.5. The maximum Gasteiger partial charge on any atom is 0.216 e. The van der Waals surface area contributed by atoms with Gasteiger partial charge in [0, 0.05) is 5.41 Å². The summed E-state index contributed by atoms with van der Waals surface area (Å²) in [4.78, 5) is 0. The van der Waals surface area contributed by atoms with Gasteiger partial charge < -0.3 is 9.84 Å². The van der Waals surface area contributed by atoms with Crippen molar-refractivity contribution in [2.75, 3.05) is 12.1 Å². The van der Waals surface area contributed by atoms with Gasteiger partial charge in [0.15, 0.2) is 17.3 Å². The van der Waals surface area contributed by atoms with E-state index in [-0.39, 0.29) is 11.1 Å². The molecular weight excluding hydrogens is 308 g/mol. The van der Waals surface area contributed by atoms with E-state index in [0.717, 1.165) is 21.6 Å². The average Bonchev–Trinajstić information content (AvgIpc) is 3.12. The number of aromatic nitrogens is 3. The van der Waals surface area contributed by atoms with Crippen LogP contribution in [0.25, 0.3) is 0 Å². The van der Waals surface area contributed by atoms with Gasteiger partial charge in [0.2, 0.25) is 5.16 Å². The molecule has 4 rings (SSSR count). The average molecular weight is 320 g/mol. The molecule has 0 aliphatic carbocycles. The number of fused-ring (bicyclic) bond motifs is 3. The molecule has 2 aliphatic heterocycles. The lowest BCUT2D eigenvalue weighted by Crippen LogP contribution is -2.30. The summed E-state index contributed by atoms with van der Waals surface area (Å²) >= 11 is 3.33. The zero-order valence-corrected chi connectivity index (χ0v) is 13.0. The molecule has 6 nitrogen and oxygen atoms in total. The molecule has 8 heteroatoms. The van der Waals surface area contributed by atoms with Crippen LogP contribution in [0.1, 0.15) is 16.8 Å². The summed E-state index contributed by atoms with van der Waals surface area (Å²) in [7, 11) is 1.55. The monoisotopic (exact) mass is 320 g/mol. The Labute approximate surface area is 129 Å². The number of phenols is 1. The number of hydrogen-bond acceptors (Lipinski definition) is 7. The zero-order valence-electron chi connectivity index (χ0n) is 11.3. The summed E-state index contributed by atoms with van der Waals surface area (Å²) in [6.45, 7) is 1.94. The second-order valence-electron chi connectivity index (χ2n) is 4.66. The number of aromatic hydroxyl groups is 1. The third kappa shape index (κ3) is 1.82. The molecule has 0 unspecified atom stereocenters. The number of hydrogen-bond donors (Lipinski definition) is 1. The summed E-state index contributed by atoms with van der Waals surface area (Å²) in [5.41, 5.74) is 1.06. The highest BCUT2D eigenvalue weighted by atomic mass is 32.2. The Morgan fingerprint density at radius 3 is 3.00 bits per heavy atom. The van der Waals surface area contributed by atoms with Gasteiger partial charge in [-0.1, -0.05) is 17.8 Å². The fraction of sp³-hybridized carbons (Fsp3) is 0.231. The van der Waals surface area contributed by atoms with Gasteiger partial charge in [-0.25, -0.2) is 4.68 Å². The molecule has 2 aliphatic rings. The van der Waals surface area contributed by atoms with Crippen molar-refractivity contribution in [2.45, 2.75) is 17.5 Å². The van der Waals surface area contributed by atoms with Gasteiger partial charge in [-0.15, -0.1) is 10.2 Å². The Kier molecular flexibility index (Phi) is 2.83. The first kappa shape index (κ1) is 12.9. The van der Waals surface area contributed by atoms with E-state index in [9.17, 15) is 5.11 Å². The van der Waals surface area contributed by atoms with Crippen molar-refractivity contribution in [3.63, 3.8) is 0 Å². The van der Waals surface area contributed by atoms with E-state index in [1.54, 1.807) is 36.7 Å². The molecule has 21 heavy (non-hydrogen) atoms. The van der Waals surface area contributed by atoms with Crippen molar-refractivity contribution in [2.24, 2.45) is 0 Å². The third-order valence-corrected chi connectivity index (χ3v) is 5.60. The van der Waals surface area contributed by atoms with Crippen molar-refractivity contribution in [1.29, 1.82) is 0 Å². The molecule has 3 heterocycles. The fourth-order valence-corrected chi connectivity index (χ4v) is 4.70. The molecule has 108 valence electrons. The van der Waals surface area contributed by atoms with Gasteiger partial charge in [0.1, 0.15) is 10.4 Å². The van der Waals surface area contributed by atoms with Gasteiger partial charge in [-0.2, -0.15) is 0 Å². The van der Waals surface area contributed by atoms with Gasteiger partial charge in [-0.05, 0) is 36.4 Å². The number of rotatable bonds is 2. The first-order valence-electron chi connectivity index (χ1n) is 6.31. The summed E-state index contributed by atoms with van der Waals surface area (Å²) in [5.74, 6) is 1.49. The number of ether oxygens (including phenoxy) is 1. The second-order valence-corrected chi connectivity index (χ2v) is 6.61. The van der Waals surface area contributed by atoms with Crippen molar-refractivity contribution < 1.29 is 9.84 Å². The number of methoxy groups -OCH3 is 1. The van der Waals surface area contributed by atoms with Crippen molar-refractivity contribution >= 4 is 23.5 Å². The van der Waals surface area contributed by atoms with Crippen LogP contribution >= 0.6 is 23.5 Å². The lowest BCUT2D eigenvalue weighted by molar-refractivity contribution is 0.373. The topological polar surface area (TPSA) is 63.4 Å². The molecule has 1 aromatic heterocycles. The molecular formula is C13H12N4O2S2. The maximum absolute atomic E-state index is 9.75. The third-order valence-electron chi connectivity index (χ3n) is 3.41. The van der Waals surface area contributed by atoms with E-state index in [1.165, 1.54) is 0 Å². The predicted octanol–water partition coefficient (Wildman–Crippen LogP) is 2.59. The standard InChI is InChI=1S/C13H12N4O2S2/c1-7-14-15-13-16(7)17-11(21-13)6-20-12(17)8-3-4-9(18)10(5-8)19-2/h3-6,12,18H,1-2H3/t12-/m1/s1. The SMILES string of the molecule is COc1cc([C@H]2SC=C3Sc4nnc(C)n4N32)ccc1O. The largest absolute Gasteiger partial charge is 0.504 e. The van der Waals surface area contributed by atoms with Gasteiger partial charge in [0.05, 0.1) is 7.11 Å². The Morgan fingerprint density at radius 1 is 1.33 bits per heavy atom. The minimum absolute atomic E-state index is 0.0814. The van der Waals surface area contributed by atoms with E-state index in [1.807, 2.05) is 23.7 Å². The molecule has 0 spiro atoms. The van der Waals surface area contributed by atoms with E-state index < -0.39 is 0 Å². The molecule has 0 fully saturated rings. The minimum Gasteiger partial charge on any atom is -0.504 e. The molecule has 0 amide bonds. The molecule has 0 bridgehead atoms. The minimum atomic E-state index is 0.0814. The number of benzene rings is 1. The number of nitrogens with zero attached hydrogens (tertiary/aromatic N) is 4. The lowest BCUT2D eigenvalue weighted by atomic mass is 10.2. The highest BCUT2D eigenvalue weighted by Gasteiger charge is 2.39. The first-order valence-corrected chi connectivity index (χ1v) is 8.07. The normalized spacial score (nSPS) is 19.4. The van der Waals surface area contributed by atoms with Crippen molar-refractivity contribution in [3.05, 3.63) is 40.0 Å². The van der Waals surface area contributed by atoms with Crippen LogP contribution in [0.5, 0.6) is 11.5 Å². The Morgan fingerprint density at radius 2 is 2.19 bits per heavy atom. The number of phenolic OH excluding ortho intramolecular Hbond substituents is 1. The van der Waals surface area contributed by atoms with E-state index in [2.05, 4.69) is 20.6 Å². The molecule has 0 saturated heterocycles. The van der Waals surface area contributed by atoms with Crippen molar-refractivity contribution in [3.8, 4) is 11.5 Å². The first-order chi connectivity index (χ1) is 10.2. The Hall–Kier alpha value is -1.80. The van der Waals surface area contributed by atoms with Crippen LogP contribution in [-0.2, 0) is 0 Å². The predicted molar refractivity (Wildman–Crippen MR) is 81.9 cm³/mol. The van der Waals surface area contributed by atoms with Gasteiger partial charge >= 0.3 is 0 Å². The Bertz CT molecular complexity index is 759. The van der Waals surface area contributed by atoms with Crippen LogP contribution < -0.4 is 9.75 Å². The maximum atomic E-state index is 9.75. The molecule has 1 aromatic carbocycles. The molecule has 1 N–H and O–H groups in total. The summed E-state index contributed by atoms with van der Waals surface area (Å²) < 4.78 is 7.23. The van der Waals surface area contributed by atoms with E-state index in [0.29, 0.717) is 5.75 Å². The molecule has 0 radical (unpaired) electrons. The van der Waals surface area contributed by atoms with Crippen LogP contribution in [0.15, 0.2) is 33.8 Å². The van der Waals surface area contributed by atoms with Gasteiger partial charge in [-0.3, -0.25) is 5.01 Å². The Balaban J connectivity index is 1.76. The lowest BCUT2D eigenvalue weighted by Gasteiger charge is -2.25. The number of thioether (sulfide) groups is 2. The highest BCUT2D eigenvalue weighted by Crippen LogP contribution is 2.51. The highest BCUT2D eigenvalue weighted by molar-refractivity contribution is 8.07. The van der Waals surface area contributed by atoms with Crippen LogP contribution in [0, 0.1) is 6.92 Å². The van der Waals surface area contributed by atoms with Crippen molar-refractivity contribution in [1.82, 2.24) is 14.9 Å². The quantitative estimate of drug-likeness (QED) is 0.912. The summed E-state index contributed by atoms with van der Waals surface area (Å²) in [6, 6.07) is 5.44. The molecule has 2 aromatic rings. The van der Waals surface area contributed by atoms with E-state index >= 15 is 0 Å². The summed E-state index contributed by atoms with van der Waals surface area (Å²) in [6.07, 6.45) is 0. The van der Waals surface area contributed by atoms with Crippen LogP contribution in [-0.4, -0.2) is 27.1 Å². The van der Waals surface area contributed by atoms with Crippen LogP contribution in [0.2, 0.25) is 0 Å². The van der Waals surface area contributed by atoms with Gasteiger partial charge in [0.25, 0.3) is 0 Å². The zero-order chi connectivity index (χ0) is 14.6. The smallest absolute Gasteiger partial charge is 0.216 e.